The highest BCUT2D eigenvalue weighted by atomic mass is 16.5. The van der Waals surface area contributed by atoms with Crippen LogP contribution in [0.5, 0.6) is 0 Å². The minimum absolute atomic E-state index is 0.242. The first-order chi connectivity index (χ1) is 7.84. The Labute approximate surface area is 95.6 Å². The van der Waals surface area contributed by atoms with Crippen molar-refractivity contribution in [1.29, 1.82) is 0 Å². The lowest BCUT2D eigenvalue weighted by Crippen LogP contribution is -2.36. The molecule has 86 valence electrons. The largest absolute Gasteiger partial charge is 0.388 e. The van der Waals surface area contributed by atoms with E-state index in [1.807, 2.05) is 0 Å². The normalized spacial score (nSPS) is 24.6. The van der Waals surface area contributed by atoms with Gasteiger partial charge >= 0.3 is 0 Å². The van der Waals surface area contributed by atoms with Gasteiger partial charge in [-0.1, -0.05) is 6.07 Å². The fourth-order valence-corrected chi connectivity index (χ4v) is 2.60. The molecule has 1 fully saturated rings. The van der Waals surface area contributed by atoms with E-state index in [2.05, 4.69) is 23.1 Å². The van der Waals surface area contributed by atoms with E-state index in [0.29, 0.717) is 0 Å². The number of nitrogens with zero attached hydrogens (tertiary/aromatic N) is 1. The number of ether oxygens (including phenoxy) is 1. The van der Waals surface area contributed by atoms with Crippen LogP contribution >= 0.6 is 0 Å². The SMILES string of the molecule is OC1CCc2cc(N3CCOCC3)ccc21. The maximum atomic E-state index is 9.75. The molecule has 0 radical (unpaired) electrons. The van der Waals surface area contributed by atoms with E-state index >= 15 is 0 Å². The fraction of sp³-hybridized carbons (Fsp3) is 0.538. The molecule has 2 aliphatic rings. The quantitative estimate of drug-likeness (QED) is 0.777. The molecule has 0 spiro atoms. The molecule has 1 aromatic rings. The average molecular weight is 219 g/mol. The van der Waals surface area contributed by atoms with Gasteiger partial charge in [-0.05, 0) is 36.1 Å². The molecule has 1 aromatic carbocycles. The molecule has 3 nitrogen and oxygen atoms in total. The second kappa shape index (κ2) is 4.07. The summed E-state index contributed by atoms with van der Waals surface area (Å²) in [6, 6.07) is 6.44. The Kier molecular flexibility index (Phi) is 2.58. The summed E-state index contributed by atoms with van der Waals surface area (Å²) in [6.45, 7) is 3.59. The van der Waals surface area contributed by atoms with Crippen molar-refractivity contribution in [3.05, 3.63) is 29.3 Å². The summed E-state index contributed by atoms with van der Waals surface area (Å²) in [5, 5.41) is 9.75. The van der Waals surface area contributed by atoms with Crippen molar-refractivity contribution < 1.29 is 9.84 Å². The van der Waals surface area contributed by atoms with Crippen LogP contribution < -0.4 is 4.90 Å². The van der Waals surface area contributed by atoms with Crippen LogP contribution in [0.1, 0.15) is 23.7 Å². The van der Waals surface area contributed by atoms with Crippen molar-refractivity contribution in [3.8, 4) is 0 Å². The molecule has 0 bridgehead atoms. The number of benzene rings is 1. The van der Waals surface area contributed by atoms with E-state index in [1.54, 1.807) is 0 Å². The van der Waals surface area contributed by atoms with Gasteiger partial charge in [0, 0.05) is 18.8 Å². The van der Waals surface area contributed by atoms with Crippen molar-refractivity contribution in [2.45, 2.75) is 18.9 Å². The van der Waals surface area contributed by atoms with Crippen LogP contribution in [0.25, 0.3) is 0 Å². The zero-order chi connectivity index (χ0) is 11.0. The van der Waals surface area contributed by atoms with Crippen molar-refractivity contribution >= 4 is 5.69 Å². The van der Waals surface area contributed by atoms with E-state index in [-0.39, 0.29) is 6.10 Å². The molecule has 1 heterocycles. The zero-order valence-electron chi connectivity index (χ0n) is 9.35. The zero-order valence-corrected chi connectivity index (χ0v) is 9.35. The highest BCUT2D eigenvalue weighted by molar-refractivity contribution is 5.53. The Bertz CT molecular complexity index is 386. The summed E-state index contributed by atoms with van der Waals surface area (Å²) < 4.78 is 5.35. The maximum absolute atomic E-state index is 9.75. The lowest BCUT2D eigenvalue weighted by atomic mass is 10.1. The average Bonchev–Trinajstić information content (AvgIpc) is 2.72. The van der Waals surface area contributed by atoms with Crippen LogP contribution in [0.2, 0.25) is 0 Å². The van der Waals surface area contributed by atoms with Crippen molar-refractivity contribution in [2.75, 3.05) is 31.2 Å². The van der Waals surface area contributed by atoms with Crippen molar-refractivity contribution in [2.24, 2.45) is 0 Å². The Morgan fingerprint density at radius 2 is 2.06 bits per heavy atom. The van der Waals surface area contributed by atoms with Crippen molar-refractivity contribution in [3.63, 3.8) is 0 Å². The number of aliphatic hydroxyl groups is 1. The van der Waals surface area contributed by atoms with Gasteiger partial charge in [-0.15, -0.1) is 0 Å². The lowest BCUT2D eigenvalue weighted by Gasteiger charge is -2.29. The first-order valence-electron chi connectivity index (χ1n) is 5.98. The third kappa shape index (κ3) is 1.70. The summed E-state index contributed by atoms with van der Waals surface area (Å²) in [7, 11) is 0. The number of anilines is 1. The molecule has 1 saturated heterocycles. The van der Waals surface area contributed by atoms with Crippen LogP contribution in [-0.2, 0) is 11.2 Å². The number of fused-ring (bicyclic) bond motifs is 1. The lowest BCUT2D eigenvalue weighted by molar-refractivity contribution is 0.122. The standard InChI is InChI=1S/C13H17NO2/c15-13-4-1-10-9-11(2-3-12(10)13)14-5-7-16-8-6-14/h2-3,9,13,15H,1,4-8H2. The van der Waals surface area contributed by atoms with Gasteiger partial charge in [0.15, 0.2) is 0 Å². The Morgan fingerprint density at radius 3 is 2.88 bits per heavy atom. The Hall–Kier alpha value is -1.06. The van der Waals surface area contributed by atoms with E-state index in [9.17, 15) is 5.11 Å². The van der Waals surface area contributed by atoms with Crippen LogP contribution in [0.3, 0.4) is 0 Å². The topological polar surface area (TPSA) is 32.7 Å². The number of rotatable bonds is 1. The minimum atomic E-state index is -0.242. The first kappa shape index (κ1) is 10.1. The predicted molar refractivity (Wildman–Crippen MR) is 62.8 cm³/mol. The first-order valence-corrected chi connectivity index (χ1v) is 5.98. The third-order valence-electron chi connectivity index (χ3n) is 3.55. The third-order valence-corrected chi connectivity index (χ3v) is 3.55. The second-order valence-corrected chi connectivity index (χ2v) is 4.54. The van der Waals surface area contributed by atoms with Gasteiger partial charge in [0.2, 0.25) is 0 Å². The molecule has 1 aliphatic heterocycles. The molecule has 0 amide bonds. The van der Waals surface area contributed by atoms with Gasteiger partial charge in [0.1, 0.15) is 0 Å². The van der Waals surface area contributed by atoms with E-state index in [4.69, 9.17) is 4.74 Å². The molecule has 0 saturated carbocycles. The molecule has 1 unspecified atom stereocenters. The molecule has 3 heteroatoms. The Balaban J connectivity index is 1.86. The van der Waals surface area contributed by atoms with Crippen LogP contribution in [0, 0.1) is 0 Å². The van der Waals surface area contributed by atoms with Crippen molar-refractivity contribution in [1.82, 2.24) is 0 Å². The fourth-order valence-electron chi connectivity index (χ4n) is 2.60. The number of morpholine rings is 1. The van der Waals surface area contributed by atoms with Gasteiger partial charge in [-0.3, -0.25) is 0 Å². The van der Waals surface area contributed by atoms with E-state index in [0.717, 1.165) is 44.7 Å². The summed E-state index contributed by atoms with van der Waals surface area (Å²) in [5.74, 6) is 0. The van der Waals surface area contributed by atoms with Crippen LogP contribution in [0.4, 0.5) is 5.69 Å². The smallest absolute Gasteiger partial charge is 0.0795 e. The number of hydrogen-bond donors (Lipinski definition) is 1. The highest BCUT2D eigenvalue weighted by Gasteiger charge is 2.21. The molecule has 1 atom stereocenters. The minimum Gasteiger partial charge on any atom is -0.388 e. The molecule has 0 aromatic heterocycles. The van der Waals surface area contributed by atoms with E-state index in [1.165, 1.54) is 11.3 Å². The van der Waals surface area contributed by atoms with Gasteiger partial charge < -0.3 is 14.7 Å². The number of aliphatic hydroxyl groups excluding tert-OH is 1. The molecule has 16 heavy (non-hydrogen) atoms. The van der Waals surface area contributed by atoms with Gasteiger partial charge in [0.25, 0.3) is 0 Å². The van der Waals surface area contributed by atoms with Gasteiger partial charge in [0.05, 0.1) is 19.3 Å². The van der Waals surface area contributed by atoms with Gasteiger partial charge in [-0.2, -0.15) is 0 Å². The summed E-state index contributed by atoms with van der Waals surface area (Å²) in [5.41, 5.74) is 3.71. The van der Waals surface area contributed by atoms with Crippen LogP contribution in [-0.4, -0.2) is 31.4 Å². The van der Waals surface area contributed by atoms with Crippen LogP contribution in [0.15, 0.2) is 18.2 Å². The monoisotopic (exact) mass is 219 g/mol. The molecular weight excluding hydrogens is 202 g/mol. The maximum Gasteiger partial charge on any atom is 0.0795 e. The number of aryl methyl sites for hydroxylation is 1. The summed E-state index contributed by atoms with van der Waals surface area (Å²) in [4.78, 5) is 2.36. The molecule has 1 N–H and O–H groups in total. The molecule has 1 aliphatic carbocycles. The summed E-state index contributed by atoms with van der Waals surface area (Å²) in [6.07, 6.45) is 1.64. The predicted octanol–water partition coefficient (Wildman–Crippen LogP) is 1.50. The second-order valence-electron chi connectivity index (χ2n) is 4.54. The Morgan fingerprint density at radius 1 is 1.25 bits per heavy atom. The number of hydrogen-bond acceptors (Lipinski definition) is 3. The van der Waals surface area contributed by atoms with Gasteiger partial charge in [-0.25, -0.2) is 0 Å². The van der Waals surface area contributed by atoms with E-state index < -0.39 is 0 Å². The highest BCUT2D eigenvalue weighted by Crippen LogP contribution is 2.33. The molecule has 3 rings (SSSR count). The summed E-state index contributed by atoms with van der Waals surface area (Å²) >= 11 is 0. The molecular formula is C13H17NO2.